The lowest BCUT2D eigenvalue weighted by atomic mass is 10.1. The molecule has 1 aromatic rings. The number of anilines is 1. The first-order valence-electron chi connectivity index (χ1n) is 5.56. The maximum Gasteiger partial charge on any atom is 0.0970 e. The van der Waals surface area contributed by atoms with E-state index in [0.29, 0.717) is 0 Å². The van der Waals surface area contributed by atoms with Crippen molar-refractivity contribution in [2.75, 3.05) is 23.7 Å². The molecular formula is C12H16N2S. The van der Waals surface area contributed by atoms with Crippen LogP contribution in [0.1, 0.15) is 18.4 Å². The Bertz CT molecular complexity index is 368. The quantitative estimate of drug-likeness (QED) is 0.774. The Morgan fingerprint density at radius 1 is 1.27 bits per heavy atom. The number of benzene rings is 1. The molecule has 15 heavy (non-hydrogen) atoms. The van der Waals surface area contributed by atoms with Gasteiger partial charge in [-0.25, -0.2) is 0 Å². The van der Waals surface area contributed by atoms with Crippen molar-refractivity contribution in [3.05, 3.63) is 29.8 Å². The molecular weight excluding hydrogens is 204 g/mol. The zero-order valence-electron chi connectivity index (χ0n) is 8.78. The smallest absolute Gasteiger partial charge is 0.0970 e. The van der Waals surface area contributed by atoms with Crippen LogP contribution in [0.4, 0.5) is 5.69 Å². The fourth-order valence-corrected chi connectivity index (χ4v) is 2.80. The lowest BCUT2D eigenvalue weighted by molar-refractivity contribution is 0.832. The van der Waals surface area contributed by atoms with Gasteiger partial charge in [-0.3, -0.25) is 0 Å². The normalized spacial score (nSPS) is 29.5. The molecule has 2 N–H and O–H groups in total. The lowest BCUT2D eigenvalue weighted by Crippen LogP contribution is -2.21. The summed E-state index contributed by atoms with van der Waals surface area (Å²) in [6.45, 7) is 2.41. The number of nitrogens with two attached hydrogens (primary N) is 1. The highest BCUT2D eigenvalue weighted by atomic mass is 32.2. The van der Waals surface area contributed by atoms with Crippen molar-refractivity contribution >= 4 is 17.4 Å². The maximum absolute atomic E-state index is 6.18. The molecule has 0 bridgehead atoms. The Morgan fingerprint density at radius 2 is 2.00 bits per heavy atom. The molecule has 0 saturated carbocycles. The average Bonchev–Trinajstić information content (AvgIpc) is 2.84. The van der Waals surface area contributed by atoms with Crippen molar-refractivity contribution in [1.29, 1.82) is 0 Å². The molecule has 0 radical (unpaired) electrons. The summed E-state index contributed by atoms with van der Waals surface area (Å²) in [5.74, 6) is 1.07. The monoisotopic (exact) mass is 220 g/mol. The number of hydrogen-bond acceptors (Lipinski definition) is 3. The topological polar surface area (TPSA) is 29.3 Å². The van der Waals surface area contributed by atoms with Crippen molar-refractivity contribution < 1.29 is 0 Å². The van der Waals surface area contributed by atoms with Gasteiger partial charge in [0.05, 0.1) is 4.87 Å². The molecule has 1 unspecified atom stereocenters. The van der Waals surface area contributed by atoms with Crippen molar-refractivity contribution in [2.24, 2.45) is 5.73 Å². The third-order valence-electron chi connectivity index (χ3n) is 3.26. The zero-order chi connectivity index (χ0) is 10.3. The molecule has 0 aliphatic carbocycles. The van der Waals surface area contributed by atoms with E-state index < -0.39 is 0 Å². The van der Waals surface area contributed by atoms with Crippen LogP contribution in [0.15, 0.2) is 24.3 Å². The summed E-state index contributed by atoms with van der Waals surface area (Å²) >= 11 is 1.83. The maximum atomic E-state index is 6.18. The van der Waals surface area contributed by atoms with Gasteiger partial charge in [0.15, 0.2) is 0 Å². The molecule has 3 heteroatoms. The van der Waals surface area contributed by atoms with E-state index >= 15 is 0 Å². The molecule has 2 saturated heterocycles. The van der Waals surface area contributed by atoms with Gasteiger partial charge in [-0.2, -0.15) is 0 Å². The molecule has 1 atom stereocenters. The fourth-order valence-electron chi connectivity index (χ4n) is 2.19. The molecule has 2 nitrogen and oxygen atoms in total. The van der Waals surface area contributed by atoms with Gasteiger partial charge in [0, 0.05) is 24.5 Å². The second-order valence-electron chi connectivity index (χ2n) is 4.42. The van der Waals surface area contributed by atoms with E-state index in [2.05, 4.69) is 29.2 Å². The Labute approximate surface area is 94.8 Å². The van der Waals surface area contributed by atoms with Gasteiger partial charge in [0.2, 0.25) is 0 Å². The molecule has 2 aliphatic rings. The van der Waals surface area contributed by atoms with Crippen LogP contribution >= 0.6 is 11.8 Å². The molecule has 80 valence electrons. The van der Waals surface area contributed by atoms with E-state index in [1.807, 2.05) is 11.8 Å². The second kappa shape index (κ2) is 3.42. The summed E-state index contributed by atoms with van der Waals surface area (Å²) < 4.78 is 0. The lowest BCUT2D eigenvalue weighted by Gasteiger charge is -2.19. The minimum Gasteiger partial charge on any atom is -0.372 e. The van der Waals surface area contributed by atoms with E-state index in [1.54, 1.807) is 0 Å². The summed E-state index contributed by atoms with van der Waals surface area (Å²) in [5.41, 5.74) is 8.82. The summed E-state index contributed by atoms with van der Waals surface area (Å²) in [6.07, 6.45) is 2.65. The number of nitrogens with zero attached hydrogens (tertiary/aromatic N) is 1. The third kappa shape index (κ3) is 1.74. The van der Waals surface area contributed by atoms with Crippen molar-refractivity contribution in [3.8, 4) is 0 Å². The Hall–Kier alpha value is -0.670. The second-order valence-corrected chi connectivity index (χ2v) is 5.73. The first-order chi connectivity index (χ1) is 7.28. The number of rotatable bonds is 2. The molecule has 1 aromatic carbocycles. The van der Waals surface area contributed by atoms with Gasteiger partial charge in [0.1, 0.15) is 0 Å². The Kier molecular flexibility index (Phi) is 2.18. The van der Waals surface area contributed by atoms with Gasteiger partial charge in [-0.15, -0.1) is 11.8 Å². The van der Waals surface area contributed by atoms with Crippen LogP contribution in [0.2, 0.25) is 0 Å². The van der Waals surface area contributed by atoms with Crippen LogP contribution in [0.5, 0.6) is 0 Å². The highest BCUT2D eigenvalue weighted by molar-refractivity contribution is 8.07. The van der Waals surface area contributed by atoms with E-state index in [4.69, 9.17) is 5.73 Å². The predicted molar refractivity (Wildman–Crippen MR) is 66.2 cm³/mol. The first kappa shape index (κ1) is 9.55. The SMILES string of the molecule is NC1(c2cccc(N3CCCC3)c2)CS1. The van der Waals surface area contributed by atoms with Crippen molar-refractivity contribution in [3.63, 3.8) is 0 Å². The Balaban J connectivity index is 1.89. The zero-order valence-corrected chi connectivity index (χ0v) is 9.59. The number of hydrogen-bond donors (Lipinski definition) is 1. The van der Waals surface area contributed by atoms with Crippen molar-refractivity contribution in [2.45, 2.75) is 17.7 Å². The molecule has 0 amide bonds. The fraction of sp³-hybridized carbons (Fsp3) is 0.500. The largest absolute Gasteiger partial charge is 0.372 e. The van der Waals surface area contributed by atoms with Crippen LogP contribution in [0.25, 0.3) is 0 Å². The van der Waals surface area contributed by atoms with E-state index in [0.717, 1.165) is 5.75 Å². The van der Waals surface area contributed by atoms with Crippen LogP contribution in [0.3, 0.4) is 0 Å². The molecule has 0 spiro atoms. The highest BCUT2D eigenvalue weighted by Crippen LogP contribution is 2.48. The van der Waals surface area contributed by atoms with Gasteiger partial charge < -0.3 is 10.6 Å². The third-order valence-corrected chi connectivity index (χ3v) is 4.41. The van der Waals surface area contributed by atoms with E-state index in [-0.39, 0.29) is 4.87 Å². The molecule has 3 rings (SSSR count). The molecule has 2 heterocycles. The van der Waals surface area contributed by atoms with Crippen LogP contribution in [-0.4, -0.2) is 18.8 Å². The van der Waals surface area contributed by atoms with Crippen LogP contribution < -0.4 is 10.6 Å². The molecule has 2 aliphatic heterocycles. The minimum absolute atomic E-state index is 0.0737. The van der Waals surface area contributed by atoms with Gasteiger partial charge in [-0.05, 0) is 30.5 Å². The molecule has 0 aromatic heterocycles. The standard InChI is InChI=1S/C12H16N2S/c13-12(9-15-12)10-4-3-5-11(8-10)14-6-1-2-7-14/h3-5,8H,1-2,6-7,9,13H2. The van der Waals surface area contributed by atoms with E-state index in [9.17, 15) is 0 Å². The molecule has 2 fully saturated rings. The summed E-state index contributed by atoms with van der Waals surface area (Å²) in [6, 6.07) is 8.76. The van der Waals surface area contributed by atoms with Crippen LogP contribution in [-0.2, 0) is 4.87 Å². The van der Waals surface area contributed by atoms with Gasteiger partial charge in [-0.1, -0.05) is 12.1 Å². The number of thioether (sulfide) groups is 1. The van der Waals surface area contributed by atoms with Crippen molar-refractivity contribution in [1.82, 2.24) is 0 Å². The van der Waals surface area contributed by atoms with Gasteiger partial charge >= 0.3 is 0 Å². The first-order valence-corrected chi connectivity index (χ1v) is 6.55. The average molecular weight is 220 g/mol. The summed E-state index contributed by atoms with van der Waals surface area (Å²) in [4.78, 5) is 2.38. The summed E-state index contributed by atoms with van der Waals surface area (Å²) in [7, 11) is 0. The van der Waals surface area contributed by atoms with Gasteiger partial charge in [0.25, 0.3) is 0 Å². The summed E-state index contributed by atoms with van der Waals surface area (Å²) in [5, 5.41) is 0. The Morgan fingerprint density at radius 3 is 2.67 bits per heavy atom. The highest BCUT2D eigenvalue weighted by Gasteiger charge is 2.41. The minimum atomic E-state index is -0.0737. The van der Waals surface area contributed by atoms with E-state index in [1.165, 1.54) is 37.2 Å². The van der Waals surface area contributed by atoms with Crippen LogP contribution in [0, 0.1) is 0 Å². The predicted octanol–water partition coefficient (Wildman–Crippen LogP) is 2.15.